The molecule has 0 spiro atoms. The zero-order valence-electron chi connectivity index (χ0n) is 4.70. The van der Waals surface area contributed by atoms with Gasteiger partial charge in [-0.1, -0.05) is 0 Å². The summed E-state index contributed by atoms with van der Waals surface area (Å²) in [6.07, 6.45) is 0. The molecule has 0 saturated carbocycles. The number of carbonyl (C=O) groups is 1. The van der Waals surface area contributed by atoms with E-state index in [-0.39, 0.29) is 43.9 Å². The third kappa shape index (κ3) is 15.8. The first kappa shape index (κ1) is 16.9. The van der Waals surface area contributed by atoms with E-state index in [1.54, 1.807) is 0 Å². The summed E-state index contributed by atoms with van der Waals surface area (Å²) in [5, 5.41) is 0. The molecule has 0 aliphatic rings. The van der Waals surface area contributed by atoms with Gasteiger partial charge in [-0.3, -0.25) is 9.35 Å². The Balaban J connectivity index is -0.000000245. The van der Waals surface area contributed by atoms with E-state index in [1.807, 2.05) is 0 Å². The van der Waals surface area contributed by atoms with Crippen LogP contribution in [-0.2, 0) is 19.4 Å². The summed E-state index contributed by atoms with van der Waals surface area (Å²) in [6.45, 7) is 0.869. The normalized spacial score (nSPS) is 8.60. The number of hydrogen-bond acceptors (Lipinski definition) is 5. The van der Waals surface area contributed by atoms with Crippen molar-refractivity contribution in [3.8, 4) is 0 Å². The van der Waals surface area contributed by atoms with Crippen LogP contribution in [0.15, 0.2) is 0 Å². The van der Waals surface area contributed by atoms with Crippen molar-refractivity contribution < 1.29 is 21.9 Å². The van der Waals surface area contributed by atoms with Gasteiger partial charge in [0.15, 0.2) is 0 Å². The molecule has 0 fully saturated rings. The fourth-order valence-corrected chi connectivity index (χ4v) is 0.445. The van der Waals surface area contributed by atoms with Crippen molar-refractivity contribution in [1.82, 2.24) is 6.15 Å². The average Bonchev–Trinajstić information content (AvgIpc) is 1.21. The van der Waals surface area contributed by atoms with Crippen LogP contribution >= 0.6 is 0 Å². The summed E-state index contributed by atoms with van der Waals surface area (Å²) in [6, 6.07) is 0. The van der Waals surface area contributed by atoms with Crippen LogP contribution in [-0.4, -0.2) is 56.7 Å². The minimum atomic E-state index is -4.57. The Kier molecular flexibility index (Phi) is 10.7. The zero-order chi connectivity index (χ0) is 6.78. The predicted octanol–water partition coefficient (Wildman–Crippen LogP) is -1.40. The molecule has 0 aromatic heterocycles. The Morgan fingerprint density at radius 2 is 1.80 bits per heavy atom. The Morgan fingerprint density at radius 3 is 1.80 bits per heavy atom. The summed E-state index contributed by atoms with van der Waals surface area (Å²) < 4.78 is 30.2. The molecular weight excluding hydrogens is 190 g/mol. The van der Waals surface area contributed by atoms with Crippen LogP contribution in [0.4, 0.5) is 0 Å². The summed E-state index contributed by atoms with van der Waals surface area (Å²) in [4.78, 5) is 9.70. The van der Waals surface area contributed by atoms with E-state index in [0.717, 1.165) is 6.92 Å². The number of hydrogen-bond donors (Lipinski definition) is 2. The van der Waals surface area contributed by atoms with Gasteiger partial charge in [-0.15, -0.1) is 0 Å². The molecule has 0 bridgehead atoms. The maximum absolute atomic E-state index is 9.70. The average molecular weight is 199 g/mol. The van der Waals surface area contributed by atoms with Crippen LogP contribution < -0.4 is 6.15 Å². The third-order valence-corrected chi connectivity index (χ3v) is 0.668. The van der Waals surface area contributed by atoms with Gasteiger partial charge in [0.25, 0.3) is 0 Å². The minimum absolute atomic E-state index is 0. The number of rotatable bonds is 1. The first-order chi connectivity index (χ1) is 3.42. The molecule has 60 valence electrons. The topological polar surface area (TPSA) is 116 Å². The van der Waals surface area contributed by atoms with Crippen LogP contribution in [0, 0.1) is 0 Å². The van der Waals surface area contributed by atoms with Crippen molar-refractivity contribution in [2.45, 2.75) is 6.92 Å². The first-order valence-corrected chi connectivity index (χ1v) is 2.96. The van der Waals surface area contributed by atoms with E-state index in [9.17, 15) is 13.2 Å². The van der Waals surface area contributed by atoms with E-state index in [2.05, 4.69) is 4.18 Å². The summed E-state index contributed by atoms with van der Waals surface area (Å²) in [5.74, 6) is -1.06. The number of carbonyl (C=O) groups excluding carboxylic acids is 1. The molecule has 4 N–H and O–H groups in total. The fourth-order valence-electron chi connectivity index (χ4n) is 0.148. The van der Waals surface area contributed by atoms with Gasteiger partial charge >= 0.3 is 54.1 Å². The van der Waals surface area contributed by atoms with Gasteiger partial charge in [-0.05, 0) is 0 Å². The monoisotopic (exact) mass is 199 g/mol. The molecule has 0 aliphatic carbocycles. The quantitative estimate of drug-likeness (QED) is 0.396. The molecule has 10 heavy (non-hydrogen) atoms. The van der Waals surface area contributed by atoms with Gasteiger partial charge in [0.2, 0.25) is 0 Å². The summed E-state index contributed by atoms with van der Waals surface area (Å²) in [7, 11) is -4.57. The van der Waals surface area contributed by atoms with Crippen molar-refractivity contribution in [2.24, 2.45) is 0 Å². The summed E-state index contributed by atoms with van der Waals surface area (Å²) >= 11 is 0. The van der Waals surface area contributed by atoms with Crippen LogP contribution in [0.25, 0.3) is 0 Å². The van der Waals surface area contributed by atoms with Gasteiger partial charge in [-0.2, -0.15) is 8.42 Å². The van der Waals surface area contributed by atoms with Crippen LogP contribution in [0.5, 0.6) is 0 Å². The van der Waals surface area contributed by atoms with Gasteiger partial charge < -0.3 is 10.3 Å². The SMILES string of the molecule is CC(=O)OS(=O)(=O)O.N.[CaH2]. The maximum atomic E-state index is 9.70. The molecule has 0 heterocycles. The molecule has 8 heteroatoms. The van der Waals surface area contributed by atoms with Crippen molar-refractivity contribution in [2.75, 3.05) is 0 Å². The molecule has 0 unspecified atom stereocenters. The van der Waals surface area contributed by atoms with E-state index in [1.165, 1.54) is 0 Å². The Morgan fingerprint density at radius 1 is 1.50 bits per heavy atom. The standard InChI is InChI=1S/C2H4O5S.Ca.H3N.2H/c1-2(3)7-8(4,5)6;;;;/h1H3,(H,4,5,6);;1H3;;. The zero-order valence-corrected chi connectivity index (χ0v) is 5.51. The molecule has 0 saturated heterocycles. The third-order valence-electron chi connectivity index (χ3n) is 0.223. The molecule has 0 radical (unpaired) electrons. The van der Waals surface area contributed by atoms with E-state index in [0.29, 0.717) is 0 Å². The van der Waals surface area contributed by atoms with Crippen molar-refractivity contribution in [3.63, 3.8) is 0 Å². The van der Waals surface area contributed by atoms with Crippen molar-refractivity contribution in [1.29, 1.82) is 0 Å². The molecule has 6 nitrogen and oxygen atoms in total. The Bertz CT molecular complexity index is 186. The molecule has 0 amide bonds. The van der Waals surface area contributed by atoms with Crippen LogP contribution in [0.1, 0.15) is 6.92 Å². The van der Waals surface area contributed by atoms with E-state index in [4.69, 9.17) is 4.55 Å². The second-order valence-electron chi connectivity index (χ2n) is 1.00. The molecule has 0 rings (SSSR count). The second-order valence-corrected chi connectivity index (χ2v) is 2.02. The van der Waals surface area contributed by atoms with Crippen LogP contribution in [0.2, 0.25) is 0 Å². The van der Waals surface area contributed by atoms with Gasteiger partial charge in [0.05, 0.1) is 0 Å². The molecule has 0 aromatic rings. The molecular formula is C2H9CaNO5S. The second kappa shape index (κ2) is 6.32. The van der Waals surface area contributed by atoms with Crippen molar-refractivity contribution in [3.05, 3.63) is 0 Å². The molecule has 0 atom stereocenters. The Labute approximate surface area is 88.5 Å². The Hall–Kier alpha value is 0.600. The molecule has 0 aromatic carbocycles. The van der Waals surface area contributed by atoms with E-state index < -0.39 is 16.4 Å². The van der Waals surface area contributed by atoms with Gasteiger partial charge in [0, 0.05) is 6.92 Å². The van der Waals surface area contributed by atoms with Crippen LogP contribution in [0.3, 0.4) is 0 Å². The predicted molar refractivity (Wildman–Crippen MR) is 36.9 cm³/mol. The first-order valence-electron chi connectivity index (χ1n) is 1.59. The van der Waals surface area contributed by atoms with Gasteiger partial charge in [-0.25, -0.2) is 0 Å². The molecule has 0 aliphatic heterocycles. The summed E-state index contributed by atoms with van der Waals surface area (Å²) in [5.41, 5.74) is 0. The van der Waals surface area contributed by atoms with E-state index >= 15 is 0 Å². The van der Waals surface area contributed by atoms with Crippen molar-refractivity contribution >= 4 is 54.1 Å². The van der Waals surface area contributed by atoms with Gasteiger partial charge in [0.1, 0.15) is 0 Å². The fraction of sp³-hybridized carbons (Fsp3) is 0.500.